The molecule has 0 radical (unpaired) electrons. The van der Waals surface area contributed by atoms with Crippen molar-refractivity contribution in [3.8, 4) is 0 Å². The molecule has 0 aromatic heterocycles. The molecule has 26 heavy (non-hydrogen) atoms. The second-order valence-corrected chi connectivity index (χ2v) is 10.3. The largest absolute Gasteiger partial charge is 0.330 e. The molecular formula is C15H35NO8P2. The van der Waals surface area contributed by atoms with E-state index in [1.165, 1.54) is 33.7 Å². The molecule has 0 heterocycles. The molecule has 11 heteroatoms. The van der Waals surface area contributed by atoms with Gasteiger partial charge in [-0.1, -0.05) is 12.2 Å². The summed E-state index contributed by atoms with van der Waals surface area (Å²) in [6.07, 6.45) is 4.36. The second kappa shape index (κ2) is 15.1. The van der Waals surface area contributed by atoms with E-state index in [1.807, 2.05) is 6.92 Å². The highest BCUT2D eigenvalue weighted by Gasteiger charge is 2.20. The smallest absolute Gasteiger partial charge is 0.312 e. The average Bonchev–Trinajstić information content (AvgIpc) is 2.66. The van der Waals surface area contributed by atoms with Crippen molar-refractivity contribution in [2.75, 3.05) is 60.5 Å². The summed E-state index contributed by atoms with van der Waals surface area (Å²) in [5.41, 5.74) is 0. The van der Waals surface area contributed by atoms with Gasteiger partial charge in [0, 0.05) is 28.4 Å². The fraction of sp³-hybridized carbons (Fsp3) is 1.00. The molecule has 0 saturated carbocycles. The lowest BCUT2D eigenvalue weighted by Crippen LogP contribution is -2.26. The lowest BCUT2D eigenvalue weighted by Gasteiger charge is -2.21. The van der Waals surface area contributed by atoms with E-state index in [0.29, 0.717) is 57.8 Å². The van der Waals surface area contributed by atoms with Crippen molar-refractivity contribution < 1.29 is 36.9 Å². The van der Waals surface area contributed by atoms with Crippen molar-refractivity contribution in [3.63, 3.8) is 0 Å². The standard InChI is InChI=1S/C15H35NO8P2/c1-6-11-16(23-12-7-9-14-25(17,19-2)20-3)24-13-8-10-15-26(18,21-4)22-5/h6-15H2,1-5H3. The van der Waals surface area contributed by atoms with Crippen LogP contribution in [0.2, 0.25) is 0 Å². The Kier molecular flexibility index (Phi) is 15.2. The van der Waals surface area contributed by atoms with Crippen LogP contribution in [0.5, 0.6) is 0 Å². The third-order valence-electron chi connectivity index (χ3n) is 3.64. The summed E-state index contributed by atoms with van der Waals surface area (Å²) in [4.78, 5) is 11.2. The maximum absolute atomic E-state index is 11.9. The van der Waals surface area contributed by atoms with Crippen molar-refractivity contribution in [1.29, 1.82) is 0 Å². The van der Waals surface area contributed by atoms with Gasteiger partial charge in [-0.25, -0.2) is 0 Å². The van der Waals surface area contributed by atoms with Gasteiger partial charge in [0.2, 0.25) is 0 Å². The van der Waals surface area contributed by atoms with Gasteiger partial charge in [-0.05, 0) is 32.1 Å². The highest BCUT2D eigenvalue weighted by Crippen LogP contribution is 2.47. The van der Waals surface area contributed by atoms with E-state index < -0.39 is 15.2 Å². The van der Waals surface area contributed by atoms with Crippen LogP contribution in [-0.4, -0.2) is 65.7 Å². The lowest BCUT2D eigenvalue weighted by atomic mass is 10.4. The summed E-state index contributed by atoms with van der Waals surface area (Å²) in [5.74, 6) is 0. The van der Waals surface area contributed by atoms with Crippen LogP contribution in [0.1, 0.15) is 39.0 Å². The van der Waals surface area contributed by atoms with E-state index in [4.69, 9.17) is 27.8 Å². The first kappa shape index (κ1) is 26.2. The molecule has 0 saturated heterocycles. The molecule has 0 spiro atoms. The van der Waals surface area contributed by atoms with Gasteiger partial charge in [-0.2, -0.15) is 0 Å². The van der Waals surface area contributed by atoms with Crippen LogP contribution < -0.4 is 0 Å². The third kappa shape index (κ3) is 11.8. The molecule has 0 aliphatic carbocycles. The SMILES string of the molecule is CCCN(OCCCCP(=O)(OC)OC)OCCCCP(=O)(OC)OC. The first-order valence-electron chi connectivity index (χ1n) is 8.83. The Labute approximate surface area is 157 Å². The van der Waals surface area contributed by atoms with E-state index in [1.54, 1.807) is 0 Å². The fourth-order valence-electron chi connectivity index (χ4n) is 2.01. The van der Waals surface area contributed by atoms with Crippen LogP contribution in [-0.2, 0) is 36.9 Å². The van der Waals surface area contributed by atoms with Crippen LogP contribution in [0.4, 0.5) is 0 Å². The molecule has 0 rings (SSSR count). The number of hydroxylamine groups is 2. The topological polar surface area (TPSA) is 92.8 Å². The molecule has 0 aromatic rings. The highest BCUT2D eigenvalue weighted by atomic mass is 31.2. The molecule has 0 atom stereocenters. The van der Waals surface area contributed by atoms with Gasteiger partial charge >= 0.3 is 15.2 Å². The van der Waals surface area contributed by atoms with Crippen LogP contribution in [0.3, 0.4) is 0 Å². The zero-order valence-electron chi connectivity index (χ0n) is 16.7. The van der Waals surface area contributed by atoms with Crippen molar-refractivity contribution in [3.05, 3.63) is 0 Å². The molecule has 0 fully saturated rings. The second-order valence-electron chi connectivity index (χ2n) is 5.54. The molecule has 0 unspecified atom stereocenters. The predicted octanol–water partition coefficient (Wildman–Crippen LogP) is 4.09. The van der Waals surface area contributed by atoms with Crippen LogP contribution in [0.15, 0.2) is 0 Å². The van der Waals surface area contributed by atoms with Crippen LogP contribution >= 0.6 is 15.2 Å². The molecule has 0 aromatic carbocycles. The van der Waals surface area contributed by atoms with Crippen LogP contribution in [0, 0.1) is 0 Å². The molecule has 0 bridgehead atoms. The first-order valence-corrected chi connectivity index (χ1v) is 12.3. The maximum Gasteiger partial charge on any atom is 0.330 e. The molecular weight excluding hydrogens is 384 g/mol. The average molecular weight is 419 g/mol. The molecule has 158 valence electrons. The van der Waals surface area contributed by atoms with Gasteiger partial charge in [0.1, 0.15) is 0 Å². The molecule has 9 nitrogen and oxygen atoms in total. The molecule has 0 aliphatic rings. The Balaban J connectivity index is 3.93. The summed E-state index contributed by atoms with van der Waals surface area (Å²) < 4.78 is 43.4. The van der Waals surface area contributed by atoms with Gasteiger partial charge < -0.3 is 18.1 Å². The molecule has 0 amide bonds. The van der Waals surface area contributed by atoms with Crippen LogP contribution in [0.25, 0.3) is 0 Å². The summed E-state index contributed by atoms with van der Waals surface area (Å²) in [7, 11) is -0.354. The van der Waals surface area contributed by atoms with E-state index in [9.17, 15) is 9.13 Å². The number of hydrogen-bond donors (Lipinski definition) is 0. The van der Waals surface area contributed by atoms with Crippen molar-refractivity contribution in [2.24, 2.45) is 0 Å². The van der Waals surface area contributed by atoms with E-state index in [-0.39, 0.29) is 0 Å². The van der Waals surface area contributed by atoms with Crippen molar-refractivity contribution in [2.45, 2.75) is 39.0 Å². The normalized spacial score (nSPS) is 12.8. The molecule has 0 N–H and O–H groups in total. The first-order chi connectivity index (χ1) is 12.4. The monoisotopic (exact) mass is 419 g/mol. The Hall–Kier alpha value is 0.180. The number of unbranched alkanes of at least 4 members (excludes halogenated alkanes) is 2. The van der Waals surface area contributed by atoms with Gasteiger partial charge in [-0.3, -0.25) is 18.8 Å². The predicted molar refractivity (Wildman–Crippen MR) is 100 cm³/mol. The Bertz CT molecular complexity index is 386. The van der Waals surface area contributed by atoms with Crippen molar-refractivity contribution >= 4 is 15.2 Å². The summed E-state index contributed by atoms with van der Waals surface area (Å²) in [6.45, 7) is 3.58. The zero-order chi connectivity index (χ0) is 19.9. The minimum atomic E-state index is -2.95. The van der Waals surface area contributed by atoms with E-state index in [2.05, 4.69) is 0 Å². The number of rotatable bonds is 18. The lowest BCUT2D eigenvalue weighted by molar-refractivity contribution is -0.368. The third-order valence-corrected chi connectivity index (χ3v) is 7.60. The van der Waals surface area contributed by atoms with Gasteiger partial charge in [0.25, 0.3) is 0 Å². The number of nitrogens with zero attached hydrogens (tertiary/aromatic N) is 1. The minimum Gasteiger partial charge on any atom is -0.312 e. The minimum absolute atomic E-state index is 0.358. The fourth-order valence-corrected chi connectivity index (χ4v) is 4.26. The molecule has 0 aliphatic heterocycles. The van der Waals surface area contributed by atoms with Gasteiger partial charge in [-0.15, -0.1) is 0 Å². The summed E-state index contributed by atoms with van der Waals surface area (Å²) in [5, 5.41) is 1.47. The van der Waals surface area contributed by atoms with E-state index in [0.717, 1.165) is 6.42 Å². The van der Waals surface area contributed by atoms with E-state index >= 15 is 0 Å². The Morgan fingerprint density at radius 3 is 1.38 bits per heavy atom. The van der Waals surface area contributed by atoms with Crippen molar-refractivity contribution in [1.82, 2.24) is 5.23 Å². The Morgan fingerprint density at radius 2 is 1.08 bits per heavy atom. The quantitative estimate of drug-likeness (QED) is 0.185. The number of hydrogen-bond acceptors (Lipinski definition) is 9. The maximum atomic E-state index is 11.9. The zero-order valence-corrected chi connectivity index (χ0v) is 18.5. The summed E-state index contributed by atoms with van der Waals surface area (Å²) >= 11 is 0. The summed E-state index contributed by atoms with van der Waals surface area (Å²) in [6, 6.07) is 0. The highest BCUT2D eigenvalue weighted by molar-refractivity contribution is 7.54. The van der Waals surface area contributed by atoms with Gasteiger partial charge in [0.15, 0.2) is 0 Å². The van der Waals surface area contributed by atoms with Gasteiger partial charge in [0.05, 0.1) is 32.1 Å². The Morgan fingerprint density at radius 1 is 0.692 bits per heavy atom.